The Hall–Kier alpha value is -0.440. The van der Waals surface area contributed by atoms with Gasteiger partial charge in [0.2, 0.25) is 5.13 Å². The van der Waals surface area contributed by atoms with Gasteiger partial charge >= 0.3 is 0 Å². The van der Waals surface area contributed by atoms with E-state index in [0.717, 1.165) is 16.2 Å². The van der Waals surface area contributed by atoms with Gasteiger partial charge in [-0.3, -0.25) is 0 Å². The first-order valence-corrected chi connectivity index (χ1v) is 4.18. The maximum atomic E-state index is 12.5. The third-order valence-corrected chi connectivity index (χ3v) is 2.71. The molecule has 0 fully saturated rings. The second-order valence-electron chi connectivity index (χ2n) is 3.48. The molecule has 0 saturated heterocycles. The van der Waals surface area contributed by atoms with Gasteiger partial charge in [-0.1, -0.05) is 20.8 Å². The Morgan fingerprint density at radius 2 is 1.82 bits per heavy atom. The maximum Gasteiger partial charge on any atom is 0.212 e. The van der Waals surface area contributed by atoms with E-state index >= 15 is 0 Å². The first-order valence-electron chi connectivity index (χ1n) is 3.36. The zero-order valence-corrected chi connectivity index (χ0v) is 7.56. The van der Waals surface area contributed by atoms with Gasteiger partial charge in [0, 0.05) is 4.88 Å². The molecular formula is C8H10F2S. The van der Waals surface area contributed by atoms with Crippen molar-refractivity contribution in [2.45, 2.75) is 26.2 Å². The van der Waals surface area contributed by atoms with Crippen LogP contribution in [0.15, 0.2) is 6.07 Å². The number of thiophene rings is 1. The minimum Gasteiger partial charge on any atom is -0.203 e. The molecule has 1 aromatic heterocycles. The van der Waals surface area contributed by atoms with Crippen LogP contribution >= 0.6 is 11.3 Å². The molecule has 62 valence electrons. The summed E-state index contributed by atoms with van der Waals surface area (Å²) >= 11 is 0.880. The van der Waals surface area contributed by atoms with Crippen LogP contribution < -0.4 is 0 Å². The minimum absolute atomic E-state index is 0.157. The fourth-order valence-electron chi connectivity index (χ4n) is 0.716. The van der Waals surface area contributed by atoms with E-state index in [1.807, 2.05) is 20.8 Å². The molecule has 0 N–H and O–H groups in total. The molecule has 0 bridgehead atoms. The second-order valence-corrected chi connectivity index (χ2v) is 4.48. The highest BCUT2D eigenvalue weighted by Gasteiger charge is 2.19. The Labute approximate surface area is 68.9 Å². The van der Waals surface area contributed by atoms with E-state index in [-0.39, 0.29) is 5.41 Å². The summed E-state index contributed by atoms with van der Waals surface area (Å²) in [5, 5.41) is -0.713. The van der Waals surface area contributed by atoms with Crippen LogP contribution in [-0.2, 0) is 5.41 Å². The Kier molecular flexibility index (Phi) is 2.01. The van der Waals surface area contributed by atoms with Gasteiger partial charge in [-0.05, 0) is 11.5 Å². The van der Waals surface area contributed by atoms with Crippen LogP contribution in [-0.4, -0.2) is 0 Å². The summed E-state index contributed by atoms with van der Waals surface area (Å²) in [6, 6.07) is 1.26. The summed E-state index contributed by atoms with van der Waals surface area (Å²) in [4.78, 5) is 0.743. The summed E-state index contributed by atoms with van der Waals surface area (Å²) < 4.78 is 25.0. The van der Waals surface area contributed by atoms with Gasteiger partial charge in [0.15, 0.2) is 5.82 Å². The molecule has 1 heterocycles. The van der Waals surface area contributed by atoms with Crippen LogP contribution in [0.25, 0.3) is 0 Å². The predicted molar refractivity (Wildman–Crippen MR) is 42.9 cm³/mol. The van der Waals surface area contributed by atoms with Crippen molar-refractivity contribution in [3.05, 3.63) is 21.9 Å². The van der Waals surface area contributed by atoms with E-state index in [1.54, 1.807) is 0 Å². The Morgan fingerprint density at radius 3 is 2.00 bits per heavy atom. The van der Waals surface area contributed by atoms with E-state index in [0.29, 0.717) is 0 Å². The topological polar surface area (TPSA) is 0 Å². The molecule has 0 radical (unpaired) electrons. The first-order chi connectivity index (χ1) is 4.91. The lowest BCUT2D eigenvalue weighted by molar-refractivity contribution is 0.528. The Bertz CT molecular complexity index is 238. The zero-order valence-electron chi connectivity index (χ0n) is 6.74. The van der Waals surface area contributed by atoms with Gasteiger partial charge in [-0.2, -0.15) is 4.39 Å². The SMILES string of the molecule is CC(C)(C)c1cc(F)c(F)s1. The van der Waals surface area contributed by atoms with Crippen molar-refractivity contribution >= 4 is 11.3 Å². The highest BCUT2D eigenvalue weighted by molar-refractivity contribution is 7.10. The minimum atomic E-state index is -0.736. The number of hydrogen-bond acceptors (Lipinski definition) is 1. The van der Waals surface area contributed by atoms with Crippen molar-refractivity contribution in [1.29, 1.82) is 0 Å². The lowest BCUT2D eigenvalue weighted by atomic mass is 9.95. The molecule has 3 heteroatoms. The molecule has 0 aliphatic rings. The first kappa shape index (κ1) is 8.65. The Balaban J connectivity index is 3.08. The van der Waals surface area contributed by atoms with Crippen LogP contribution in [0.4, 0.5) is 8.78 Å². The van der Waals surface area contributed by atoms with Gasteiger partial charge < -0.3 is 0 Å². The molecule has 0 aliphatic carbocycles. The van der Waals surface area contributed by atoms with Crippen LogP contribution in [0.2, 0.25) is 0 Å². The van der Waals surface area contributed by atoms with E-state index in [9.17, 15) is 8.78 Å². The molecule has 0 unspecified atom stereocenters. The molecule has 0 amide bonds. The number of hydrogen-bond donors (Lipinski definition) is 0. The molecule has 0 saturated carbocycles. The van der Waals surface area contributed by atoms with Crippen LogP contribution in [0.1, 0.15) is 25.6 Å². The molecule has 0 atom stereocenters. The quantitative estimate of drug-likeness (QED) is 0.568. The summed E-state index contributed by atoms with van der Waals surface area (Å²) in [5.74, 6) is -0.736. The van der Waals surface area contributed by atoms with Crippen molar-refractivity contribution < 1.29 is 8.78 Å². The third-order valence-electron chi connectivity index (χ3n) is 1.38. The standard InChI is InChI=1S/C8H10F2S/c1-8(2,3)6-4-5(9)7(10)11-6/h4H,1-3H3. The normalized spacial score (nSPS) is 12.1. The number of halogens is 2. The van der Waals surface area contributed by atoms with Gasteiger partial charge in [0.1, 0.15) is 0 Å². The van der Waals surface area contributed by atoms with Crippen LogP contribution in [0.3, 0.4) is 0 Å². The highest BCUT2D eigenvalue weighted by Crippen LogP contribution is 2.30. The van der Waals surface area contributed by atoms with Crippen LogP contribution in [0.5, 0.6) is 0 Å². The highest BCUT2D eigenvalue weighted by atomic mass is 32.1. The average molecular weight is 176 g/mol. The molecule has 11 heavy (non-hydrogen) atoms. The fourth-order valence-corrected chi connectivity index (χ4v) is 1.53. The molecule has 0 spiro atoms. The van der Waals surface area contributed by atoms with Crippen molar-refractivity contribution in [2.24, 2.45) is 0 Å². The summed E-state index contributed by atoms with van der Waals surface area (Å²) in [7, 11) is 0. The summed E-state index contributed by atoms with van der Waals surface area (Å²) in [6.45, 7) is 5.78. The van der Waals surface area contributed by atoms with Crippen molar-refractivity contribution in [3.63, 3.8) is 0 Å². The molecule has 1 rings (SSSR count). The van der Waals surface area contributed by atoms with E-state index in [2.05, 4.69) is 0 Å². The molecule has 1 aromatic rings. The Morgan fingerprint density at radius 1 is 1.27 bits per heavy atom. The largest absolute Gasteiger partial charge is 0.212 e. The lowest BCUT2D eigenvalue weighted by Crippen LogP contribution is -2.07. The maximum absolute atomic E-state index is 12.5. The number of rotatable bonds is 0. The van der Waals surface area contributed by atoms with Crippen LogP contribution in [0, 0.1) is 10.9 Å². The van der Waals surface area contributed by atoms with E-state index < -0.39 is 10.9 Å². The van der Waals surface area contributed by atoms with E-state index in [4.69, 9.17) is 0 Å². The summed E-state index contributed by atoms with van der Waals surface area (Å²) in [6.07, 6.45) is 0. The molecule has 0 aromatic carbocycles. The van der Waals surface area contributed by atoms with E-state index in [1.165, 1.54) is 6.07 Å². The predicted octanol–water partition coefficient (Wildman–Crippen LogP) is 3.32. The summed E-state index contributed by atoms with van der Waals surface area (Å²) in [5.41, 5.74) is -0.157. The molecular weight excluding hydrogens is 166 g/mol. The molecule has 0 aliphatic heterocycles. The van der Waals surface area contributed by atoms with Crippen molar-refractivity contribution in [1.82, 2.24) is 0 Å². The average Bonchev–Trinajstić information content (AvgIpc) is 2.11. The van der Waals surface area contributed by atoms with Gasteiger partial charge in [0.25, 0.3) is 0 Å². The third kappa shape index (κ3) is 1.77. The van der Waals surface area contributed by atoms with Crippen molar-refractivity contribution in [3.8, 4) is 0 Å². The monoisotopic (exact) mass is 176 g/mol. The second kappa shape index (κ2) is 2.55. The van der Waals surface area contributed by atoms with Gasteiger partial charge in [-0.15, -0.1) is 11.3 Å². The fraction of sp³-hybridized carbons (Fsp3) is 0.500. The van der Waals surface area contributed by atoms with Gasteiger partial charge in [-0.25, -0.2) is 4.39 Å². The smallest absolute Gasteiger partial charge is 0.203 e. The molecule has 0 nitrogen and oxygen atoms in total. The van der Waals surface area contributed by atoms with Gasteiger partial charge in [0.05, 0.1) is 0 Å². The van der Waals surface area contributed by atoms with Crippen molar-refractivity contribution in [2.75, 3.05) is 0 Å². The zero-order chi connectivity index (χ0) is 8.65. The lowest BCUT2D eigenvalue weighted by Gasteiger charge is -2.14.